The van der Waals surface area contributed by atoms with Crippen molar-refractivity contribution in [3.05, 3.63) is 78.1 Å². The number of ether oxygens (including phenoxy) is 1. The molecule has 1 aliphatic heterocycles. The molecule has 1 aliphatic carbocycles. The van der Waals surface area contributed by atoms with E-state index in [2.05, 4.69) is 44.5 Å². The fourth-order valence-electron chi connectivity index (χ4n) is 6.39. The molecule has 1 amide bonds. The zero-order chi connectivity index (χ0) is 29.0. The van der Waals surface area contributed by atoms with Gasteiger partial charge in [-0.2, -0.15) is 0 Å². The second-order valence-electron chi connectivity index (χ2n) is 12.2. The van der Waals surface area contributed by atoms with Gasteiger partial charge < -0.3 is 24.5 Å². The molecule has 2 atom stereocenters. The number of methoxy groups -OCH3 is 1. The molecule has 10 heteroatoms. The highest BCUT2D eigenvalue weighted by Crippen LogP contribution is 2.39. The largest absolute Gasteiger partial charge is 0.494 e. The number of pyridine rings is 1. The fourth-order valence-corrected chi connectivity index (χ4v) is 6.39. The van der Waals surface area contributed by atoms with Gasteiger partial charge in [-0.15, -0.1) is 0 Å². The lowest BCUT2D eigenvalue weighted by molar-refractivity contribution is 0.0574. The van der Waals surface area contributed by atoms with E-state index in [0.717, 1.165) is 34.5 Å². The number of amides is 1. The van der Waals surface area contributed by atoms with Crippen LogP contribution in [0.15, 0.2) is 67.0 Å². The van der Waals surface area contributed by atoms with Gasteiger partial charge in [-0.1, -0.05) is 18.2 Å². The number of alkyl halides is 1. The molecule has 5 aromatic rings. The molecule has 42 heavy (non-hydrogen) atoms. The molecule has 2 fully saturated rings. The van der Waals surface area contributed by atoms with E-state index in [9.17, 15) is 9.18 Å². The molecule has 7 rings (SSSR count). The normalized spacial score (nSPS) is 20.8. The number of carbonyl (C=O) groups is 1. The molecule has 2 aromatic carbocycles. The summed E-state index contributed by atoms with van der Waals surface area (Å²) in [6.07, 6.45) is 5.11. The number of imidazole rings is 1. The predicted molar refractivity (Wildman–Crippen MR) is 164 cm³/mol. The molecule has 0 spiro atoms. The first-order valence-corrected chi connectivity index (χ1v) is 14.6. The average Bonchev–Trinajstić information content (AvgIpc) is 3.63. The zero-order valence-corrected chi connectivity index (χ0v) is 24.0. The molecular formula is C32H34BFN6O2. The highest BCUT2D eigenvalue weighted by Gasteiger charge is 2.36. The van der Waals surface area contributed by atoms with Crippen molar-refractivity contribution in [1.82, 2.24) is 24.0 Å². The number of hydrogen-bond donors (Lipinski definition) is 1. The molecule has 1 unspecified atom stereocenters. The number of nitrogens with zero attached hydrogens (tertiary/aromatic N) is 5. The zero-order valence-electron chi connectivity index (χ0n) is 24.0. The predicted octanol–water partition coefficient (Wildman–Crippen LogP) is 3.99. The quantitative estimate of drug-likeness (QED) is 0.302. The van der Waals surface area contributed by atoms with E-state index in [1.54, 1.807) is 39.5 Å². The number of para-hydroxylation sites is 1. The Morgan fingerprint density at radius 2 is 1.93 bits per heavy atom. The van der Waals surface area contributed by atoms with Gasteiger partial charge in [0.1, 0.15) is 25.3 Å². The lowest BCUT2D eigenvalue weighted by Gasteiger charge is -2.39. The number of hydrogen-bond acceptors (Lipinski definition) is 5. The molecule has 1 saturated heterocycles. The Balaban J connectivity index is 1.41. The van der Waals surface area contributed by atoms with Gasteiger partial charge in [-0.05, 0) is 67.1 Å². The van der Waals surface area contributed by atoms with Crippen LogP contribution in [0.5, 0.6) is 5.75 Å². The monoisotopic (exact) mass is 564 g/mol. The SMILES string of the molecule is BC1(N)C[C@@H](F)CN(C(=O)c2cc(OC)c3c(c2)nc(-c2cc4ccccc4n2CC2CC2)n3Cc2ccncc2)C1. The van der Waals surface area contributed by atoms with E-state index in [-0.39, 0.29) is 25.4 Å². The molecule has 4 heterocycles. The smallest absolute Gasteiger partial charge is 0.254 e. The highest BCUT2D eigenvalue weighted by molar-refractivity contribution is 6.15. The van der Waals surface area contributed by atoms with E-state index < -0.39 is 11.6 Å². The lowest BCUT2D eigenvalue weighted by atomic mass is 9.72. The van der Waals surface area contributed by atoms with Gasteiger partial charge in [-0.25, -0.2) is 9.37 Å². The summed E-state index contributed by atoms with van der Waals surface area (Å²) in [5.74, 6) is 1.73. The van der Waals surface area contributed by atoms with Gasteiger partial charge in [0.05, 0.1) is 24.9 Å². The van der Waals surface area contributed by atoms with Crippen molar-refractivity contribution in [3.63, 3.8) is 0 Å². The van der Waals surface area contributed by atoms with Crippen LogP contribution in [0.2, 0.25) is 0 Å². The molecule has 0 bridgehead atoms. The van der Waals surface area contributed by atoms with Crippen molar-refractivity contribution in [2.45, 2.75) is 44.0 Å². The summed E-state index contributed by atoms with van der Waals surface area (Å²) < 4.78 is 25.0. The minimum absolute atomic E-state index is 0.0228. The van der Waals surface area contributed by atoms with Crippen LogP contribution in [0.25, 0.3) is 33.5 Å². The number of likely N-dealkylation sites (tertiary alicyclic amines) is 1. The van der Waals surface area contributed by atoms with E-state index in [0.29, 0.717) is 29.3 Å². The fraction of sp³-hybridized carbons (Fsp3) is 0.344. The first-order chi connectivity index (χ1) is 20.3. The van der Waals surface area contributed by atoms with Gasteiger partial charge in [0.25, 0.3) is 5.91 Å². The van der Waals surface area contributed by atoms with Crippen LogP contribution in [0, 0.1) is 5.92 Å². The maximum Gasteiger partial charge on any atom is 0.254 e. The van der Waals surface area contributed by atoms with E-state index in [1.807, 2.05) is 12.1 Å². The number of rotatable bonds is 7. The molecule has 214 valence electrons. The van der Waals surface area contributed by atoms with Crippen LogP contribution >= 0.6 is 0 Å². The standard InChI is InChI=1S/C32H34BFN6O2/c1-42-28-14-23(31(41)38-18-24(34)15-32(33,35)19-38)12-25-29(28)40(17-21-8-10-36-11-9-21)30(37-25)27-13-22-4-2-3-5-26(22)39(27)16-20-6-7-20/h2-5,8-14,20,24H,6-7,15-19,33,35H2,1H3/t24-,32?/m1/s1. The average molecular weight is 564 g/mol. The van der Waals surface area contributed by atoms with Crippen LogP contribution in [-0.4, -0.2) is 69.6 Å². The number of benzene rings is 2. The maximum absolute atomic E-state index is 14.6. The second-order valence-corrected chi connectivity index (χ2v) is 12.2. The number of carbonyl (C=O) groups excluding carboxylic acids is 1. The lowest BCUT2D eigenvalue weighted by Crippen LogP contribution is -2.59. The minimum atomic E-state index is -1.16. The van der Waals surface area contributed by atoms with Crippen molar-refractivity contribution in [2.75, 3.05) is 20.2 Å². The van der Waals surface area contributed by atoms with Gasteiger partial charge in [0.2, 0.25) is 0 Å². The molecule has 2 N–H and O–H groups in total. The van der Waals surface area contributed by atoms with Gasteiger partial charge in [0.15, 0.2) is 5.82 Å². The van der Waals surface area contributed by atoms with Crippen LogP contribution < -0.4 is 10.5 Å². The van der Waals surface area contributed by atoms with Crippen molar-refractivity contribution < 1.29 is 13.9 Å². The number of aromatic nitrogens is 4. The Hall–Kier alpha value is -4.18. The summed E-state index contributed by atoms with van der Waals surface area (Å²) in [7, 11) is 3.39. The molecule has 0 radical (unpaired) electrons. The molecule has 1 saturated carbocycles. The number of piperidine rings is 1. The van der Waals surface area contributed by atoms with E-state index >= 15 is 0 Å². The second kappa shape index (κ2) is 10.3. The van der Waals surface area contributed by atoms with Crippen LogP contribution in [-0.2, 0) is 13.1 Å². The Morgan fingerprint density at radius 1 is 1.14 bits per heavy atom. The van der Waals surface area contributed by atoms with E-state index in [4.69, 9.17) is 15.5 Å². The van der Waals surface area contributed by atoms with E-state index in [1.165, 1.54) is 23.3 Å². The molecule has 8 nitrogen and oxygen atoms in total. The third-order valence-corrected chi connectivity index (χ3v) is 8.49. The summed E-state index contributed by atoms with van der Waals surface area (Å²) in [5, 5.41) is 1.16. The maximum atomic E-state index is 14.6. The number of nitrogens with two attached hydrogens (primary N) is 1. The van der Waals surface area contributed by atoms with Crippen LogP contribution in [0.1, 0.15) is 35.2 Å². The van der Waals surface area contributed by atoms with Crippen molar-refractivity contribution in [2.24, 2.45) is 11.7 Å². The summed E-state index contributed by atoms with van der Waals surface area (Å²) in [6.45, 7) is 1.79. The summed E-state index contributed by atoms with van der Waals surface area (Å²) in [4.78, 5) is 24.6. The number of halogens is 1. The summed E-state index contributed by atoms with van der Waals surface area (Å²) >= 11 is 0. The minimum Gasteiger partial charge on any atom is -0.494 e. The molecule has 3 aromatic heterocycles. The first-order valence-electron chi connectivity index (χ1n) is 14.6. The Bertz CT molecular complexity index is 1800. The van der Waals surface area contributed by atoms with Gasteiger partial charge >= 0.3 is 0 Å². The Kier molecular flexibility index (Phi) is 6.53. The Morgan fingerprint density at radius 3 is 2.67 bits per heavy atom. The van der Waals surface area contributed by atoms with Gasteiger partial charge in [-0.3, -0.25) is 9.78 Å². The van der Waals surface area contributed by atoms with Crippen LogP contribution in [0.3, 0.4) is 0 Å². The third kappa shape index (κ3) is 4.94. The van der Waals surface area contributed by atoms with Crippen molar-refractivity contribution >= 4 is 35.7 Å². The first kappa shape index (κ1) is 26.7. The summed E-state index contributed by atoms with van der Waals surface area (Å²) in [6, 6.07) is 18.2. The van der Waals surface area contributed by atoms with Crippen molar-refractivity contribution in [1.29, 1.82) is 0 Å². The highest BCUT2D eigenvalue weighted by atomic mass is 19.1. The molecule has 2 aliphatic rings. The topological polar surface area (TPSA) is 91.2 Å². The Labute approximate surface area is 244 Å². The molecular weight excluding hydrogens is 530 g/mol. The summed E-state index contributed by atoms with van der Waals surface area (Å²) in [5.41, 5.74) is 10.6. The van der Waals surface area contributed by atoms with Crippen molar-refractivity contribution in [3.8, 4) is 17.3 Å². The van der Waals surface area contributed by atoms with Crippen LogP contribution in [0.4, 0.5) is 4.39 Å². The third-order valence-electron chi connectivity index (χ3n) is 8.49. The number of fused-ring (bicyclic) bond motifs is 2. The van der Waals surface area contributed by atoms with Gasteiger partial charge in [0, 0.05) is 53.9 Å².